The van der Waals surface area contributed by atoms with E-state index in [2.05, 4.69) is 0 Å². The topological polar surface area (TPSA) is 58.8 Å². The Bertz CT molecular complexity index is 309. The summed E-state index contributed by atoms with van der Waals surface area (Å²) in [5, 5.41) is 0. The predicted molar refractivity (Wildman–Crippen MR) is 68.2 cm³/mol. The smallest absolute Gasteiger partial charge is 0.380 e. The van der Waals surface area contributed by atoms with Gasteiger partial charge in [0.1, 0.15) is 0 Å². The maximum absolute atomic E-state index is 12.3. The number of hydrogen-bond acceptors (Lipinski definition) is 4. The second-order valence-electron chi connectivity index (χ2n) is 4.92. The highest BCUT2D eigenvalue weighted by atomic mass is 19.4. The van der Waals surface area contributed by atoms with Gasteiger partial charge in [0.25, 0.3) is 0 Å². The van der Waals surface area contributed by atoms with E-state index >= 15 is 0 Å². The summed E-state index contributed by atoms with van der Waals surface area (Å²) >= 11 is 0. The molecule has 1 aliphatic rings. The summed E-state index contributed by atoms with van der Waals surface area (Å²) < 4.78 is 42.1. The van der Waals surface area contributed by atoms with Gasteiger partial charge in [0.15, 0.2) is 0 Å². The van der Waals surface area contributed by atoms with Crippen LogP contribution in [0.4, 0.5) is 13.2 Å². The van der Waals surface area contributed by atoms with Gasteiger partial charge in [0.2, 0.25) is 5.91 Å². The molecule has 1 saturated heterocycles. The number of methoxy groups -OCH3 is 1. The van der Waals surface area contributed by atoms with Gasteiger partial charge in [-0.1, -0.05) is 0 Å². The van der Waals surface area contributed by atoms with Gasteiger partial charge in [-0.05, 0) is 6.42 Å². The minimum absolute atomic E-state index is 0.115. The number of carbonyl (C=O) groups is 1. The molecule has 0 aromatic rings. The molecule has 0 aromatic carbocycles. The molecule has 8 heteroatoms. The zero-order valence-corrected chi connectivity index (χ0v) is 11.7. The molecule has 0 bridgehead atoms. The van der Waals surface area contributed by atoms with Crippen molar-refractivity contribution in [2.24, 2.45) is 5.73 Å². The number of halogens is 3. The molecule has 1 atom stereocenters. The Hall–Kier alpha value is -0.860. The van der Waals surface area contributed by atoms with Crippen LogP contribution in [-0.2, 0) is 9.53 Å². The molecular weight excluding hydrogens is 275 g/mol. The fraction of sp³-hybridized carbons (Fsp3) is 0.917. The highest BCUT2D eigenvalue weighted by Crippen LogP contribution is 2.17. The average Bonchev–Trinajstić information content (AvgIpc) is 2.59. The van der Waals surface area contributed by atoms with E-state index in [1.807, 2.05) is 0 Å². The fourth-order valence-corrected chi connectivity index (χ4v) is 2.22. The van der Waals surface area contributed by atoms with E-state index in [1.165, 1.54) is 12.0 Å². The first-order valence-corrected chi connectivity index (χ1v) is 6.65. The van der Waals surface area contributed by atoms with Crippen LogP contribution in [0.1, 0.15) is 12.8 Å². The van der Waals surface area contributed by atoms with Gasteiger partial charge in [-0.3, -0.25) is 9.69 Å². The van der Waals surface area contributed by atoms with Crippen molar-refractivity contribution in [3.63, 3.8) is 0 Å². The van der Waals surface area contributed by atoms with Crippen LogP contribution in [0.25, 0.3) is 0 Å². The second kappa shape index (κ2) is 7.80. The van der Waals surface area contributed by atoms with E-state index in [0.29, 0.717) is 26.1 Å². The molecule has 1 rings (SSSR count). The monoisotopic (exact) mass is 297 g/mol. The molecule has 0 spiro atoms. The molecule has 20 heavy (non-hydrogen) atoms. The number of carbonyl (C=O) groups excluding carboxylic acids is 1. The van der Waals surface area contributed by atoms with Gasteiger partial charge in [0.05, 0.1) is 19.1 Å². The number of hydrogen-bond donors (Lipinski definition) is 1. The first-order valence-electron chi connectivity index (χ1n) is 6.65. The number of amides is 1. The molecule has 1 fully saturated rings. The Kier molecular flexibility index (Phi) is 6.70. The largest absolute Gasteiger partial charge is 0.401 e. The average molecular weight is 297 g/mol. The number of alkyl halides is 3. The van der Waals surface area contributed by atoms with Gasteiger partial charge in [-0.25, -0.2) is 0 Å². The van der Waals surface area contributed by atoms with Crippen molar-refractivity contribution in [3.8, 4) is 0 Å². The lowest BCUT2D eigenvalue weighted by Crippen LogP contribution is -2.40. The SMILES string of the molecule is COC(CN)CC(=O)N1CCCN(CC(F)(F)F)CC1. The number of rotatable bonds is 5. The van der Waals surface area contributed by atoms with Gasteiger partial charge < -0.3 is 15.4 Å². The molecule has 1 amide bonds. The molecule has 0 aliphatic carbocycles. The summed E-state index contributed by atoms with van der Waals surface area (Å²) in [6, 6.07) is 0. The maximum Gasteiger partial charge on any atom is 0.401 e. The molecule has 0 saturated carbocycles. The Morgan fingerprint density at radius 3 is 2.55 bits per heavy atom. The summed E-state index contributed by atoms with van der Waals surface area (Å²) in [4.78, 5) is 15.0. The highest BCUT2D eigenvalue weighted by Gasteiger charge is 2.32. The molecule has 1 unspecified atom stereocenters. The Morgan fingerprint density at radius 1 is 1.30 bits per heavy atom. The first-order chi connectivity index (χ1) is 9.35. The van der Waals surface area contributed by atoms with Gasteiger partial charge in [-0.15, -0.1) is 0 Å². The molecule has 2 N–H and O–H groups in total. The zero-order valence-electron chi connectivity index (χ0n) is 11.7. The summed E-state index contributed by atoms with van der Waals surface area (Å²) in [6.45, 7) is 0.721. The van der Waals surface area contributed by atoms with Crippen molar-refractivity contribution in [3.05, 3.63) is 0 Å². The first kappa shape index (κ1) is 17.2. The predicted octanol–water partition coefficient (Wildman–Crippen LogP) is 0.447. The third-order valence-electron chi connectivity index (χ3n) is 3.34. The third-order valence-corrected chi connectivity index (χ3v) is 3.34. The van der Waals surface area contributed by atoms with Gasteiger partial charge in [0, 0.05) is 39.8 Å². The lowest BCUT2D eigenvalue weighted by molar-refractivity contribution is -0.145. The van der Waals surface area contributed by atoms with Crippen LogP contribution in [0.15, 0.2) is 0 Å². The van der Waals surface area contributed by atoms with Gasteiger partial charge in [-0.2, -0.15) is 13.2 Å². The molecule has 1 heterocycles. The van der Waals surface area contributed by atoms with Crippen molar-refractivity contribution in [2.75, 3.05) is 46.4 Å². The molecule has 0 radical (unpaired) electrons. The van der Waals surface area contributed by atoms with E-state index < -0.39 is 12.7 Å². The minimum Gasteiger partial charge on any atom is -0.380 e. The second-order valence-corrected chi connectivity index (χ2v) is 4.92. The fourth-order valence-electron chi connectivity index (χ4n) is 2.22. The van der Waals surface area contributed by atoms with Crippen molar-refractivity contribution in [1.29, 1.82) is 0 Å². The van der Waals surface area contributed by atoms with E-state index in [9.17, 15) is 18.0 Å². The van der Waals surface area contributed by atoms with Crippen LogP contribution < -0.4 is 5.73 Å². The van der Waals surface area contributed by atoms with Gasteiger partial charge >= 0.3 is 6.18 Å². The highest BCUT2D eigenvalue weighted by molar-refractivity contribution is 5.76. The number of nitrogens with zero attached hydrogens (tertiary/aromatic N) is 2. The van der Waals surface area contributed by atoms with Crippen LogP contribution >= 0.6 is 0 Å². The van der Waals surface area contributed by atoms with Crippen LogP contribution in [0.2, 0.25) is 0 Å². The Morgan fingerprint density at radius 2 is 2.00 bits per heavy atom. The number of nitrogens with two attached hydrogens (primary N) is 1. The normalized spacial score (nSPS) is 19.8. The zero-order chi connectivity index (χ0) is 15.2. The molecule has 118 valence electrons. The van der Waals surface area contributed by atoms with Crippen molar-refractivity contribution in [2.45, 2.75) is 25.1 Å². The van der Waals surface area contributed by atoms with Crippen molar-refractivity contribution >= 4 is 5.91 Å². The lowest BCUT2D eigenvalue weighted by Gasteiger charge is -2.24. The molecule has 1 aliphatic heterocycles. The van der Waals surface area contributed by atoms with E-state index in [1.54, 1.807) is 4.90 Å². The molecule has 0 aromatic heterocycles. The third kappa shape index (κ3) is 6.06. The maximum atomic E-state index is 12.3. The Balaban J connectivity index is 2.45. The van der Waals surface area contributed by atoms with Crippen molar-refractivity contribution < 1.29 is 22.7 Å². The summed E-state index contributed by atoms with van der Waals surface area (Å²) in [5.41, 5.74) is 5.45. The van der Waals surface area contributed by atoms with Crippen LogP contribution in [-0.4, -0.2) is 74.4 Å². The van der Waals surface area contributed by atoms with E-state index in [4.69, 9.17) is 10.5 Å². The summed E-state index contributed by atoms with van der Waals surface area (Å²) in [7, 11) is 1.48. The quantitative estimate of drug-likeness (QED) is 0.800. The minimum atomic E-state index is -4.19. The number of ether oxygens (including phenoxy) is 1. The molecular formula is C12H22F3N3O2. The Labute approximate surface area is 116 Å². The summed E-state index contributed by atoms with van der Waals surface area (Å²) in [6.07, 6.45) is -3.81. The van der Waals surface area contributed by atoms with Crippen molar-refractivity contribution in [1.82, 2.24) is 9.80 Å². The van der Waals surface area contributed by atoms with E-state index in [0.717, 1.165) is 0 Å². The lowest BCUT2D eigenvalue weighted by atomic mass is 10.2. The molecule has 5 nitrogen and oxygen atoms in total. The van der Waals surface area contributed by atoms with Crippen LogP contribution in [0.3, 0.4) is 0 Å². The standard InChI is InChI=1S/C12H22F3N3O2/c1-20-10(8-16)7-11(19)18-4-2-3-17(5-6-18)9-12(13,14)15/h10H,2-9,16H2,1H3. The summed E-state index contributed by atoms with van der Waals surface area (Å²) in [5.74, 6) is -0.115. The van der Waals surface area contributed by atoms with Crippen LogP contribution in [0.5, 0.6) is 0 Å². The van der Waals surface area contributed by atoms with E-state index in [-0.39, 0.29) is 31.5 Å². The van der Waals surface area contributed by atoms with Crippen LogP contribution in [0, 0.1) is 0 Å².